The Labute approximate surface area is 103 Å². The molecule has 1 aliphatic heterocycles. The van der Waals surface area contributed by atoms with Gasteiger partial charge in [0.25, 0.3) is 0 Å². The van der Waals surface area contributed by atoms with Gasteiger partial charge in [0.1, 0.15) is 23.3 Å². The number of nitrogens with one attached hydrogen (secondary N) is 2. The third kappa shape index (κ3) is 1.91. The zero-order valence-electron chi connectivity index (χ0n) is 9.73. The lowest BCUT2D eigenvalue weighted by Crippen LogP contribution is -2.33. The topological polar surface area (TPSA) is 91.5 Å². The second-order valence-corrected chi connectivity index (χ2v) is 4.26. The summed E-state index contributed by atoms with van der Waals surface area (Å²) in [6.45, 7) is 1.30. The summed E-state index contributed by atoms with van der Waals surface area (Å²) in [5, 5.41) is 0.691. The molecule has 0 spiro atoms. The normalized spacial score (nSPS) is 18.6. The van der Waals surface area contributed by atoms with E-state index in [0.717, 1.165) is 13.0 Å². The van der Waals surface area contributed by atoms with Crippen LogP contribution in [0.4, 0.5) is 5.82 Å². The summed E-state index contributed by atoms with van der Waals surface area (Å²) in [5.74, 6) is 0.951. The van der Waals surface area contributed by atoms with Crippen LogP contribution in [0.15, 0.2) is 23.0 Å². The number of anilines is 1. The van der Waals surface area contributed by atoms with Crippen LogP contribution >= 0.6 is 0 Å². The van der Waals surface area contributed by atoms with E-state index < -0.39 is 0 Å². The highest BCUT2D eigenvalue weighted by Crippen LogP contribution is 2.26. The van der Waals surface area contributed by atoms with Crippen molar-refractivity contribution >= 4 is 16.7 Å². The fourth-order valence-electron chi connectivity index (χ4n) is 1.97. The average molecular weight is 248 g/mol. The van der Waals surface area contributed by atoms with Crippen molar-refractivity contribution in [3.63, 3.8) is 0 Å². The average Bonchev–Trinajstić information content (AvgIpc) is 2.26. The molecular weight excluding hydrogens is 234 g/mol. The van der Waals surface area contributed by atoms with Crippen molar-refractivity contribution in [2.24, 2.45) is 0 Å². The second-order valence-electron chi connectivity index (χ2n) is 4.26. The van der Waals surface area contributed by atoms with Gasteiger partial charge in [-0.2, -0.15) is 0 Å². The first kappa shape index (κ1) is 11.0. The van der Waals surface area contributed by atoms with Gasteiger partial charge in [0, 0.05) is 13.0 Å². The van der Waals surface area contributed by atoms with E-state index >= 15 is 0 Å². The molecule has 1 atom stereocenters. The van der Waals surface area contributed by atoms with E-state index in [2.05, 4.69) is 9.97 Å². The van der Waals surface area contributed by atoms with E-state index in [4.69, 9.17) is 15.2 Å². The van der Waals surface area contributed by atoms with E-state index in [1.54, 1.807) is 6.07 Å². The van der Waals surface area contributed by atoms with Crippen LogP contribution in [0.2, 0.25) is 0 Å². The van der Waals surface area contributed by atoms with Crippen molar-refractivity contribution in [3.8, 4) is 5.75 Å². The highest BCUT2D eigenvalue weighted by Gasteiger charge is 2.20. The lowest BCUT2D eigenvalue weighted by atomic mass is 10.2. The number of benzene rings is 1. The summed E-state index contributed by atoms with van der Waals surface area (Å²) in [6, 6.07) is 5.42. The number of fused-ring (bicyclic) bond motifs is 1. The van der Waals surface area contributed by atoms with Crippen molar-refractivity contribution in [1.29, 1.82) is 0 Å². The van der Waals surface area contributed by atoms with Gasteiger partial charge >= 0.3 is 5.69 Å². The number of nitrogen functional groups attached to an aromatic ring is 1. The molecule has 1 unspecified atom stereocenters. The Morgan fingerprint density at radius 3 is 3.11 bits per heavy atom. The molecule has 4 N–H and O–H groups in total. The first-order valence-corrected chi connectivity index (χ1v) is 5.82. The Kier molecular flexibility index (Phi) is 2.64. The van der Waals surface area contributed by atoms with E-state index in [-0.39, 0.29) is 11.8 Å². The van der Waals surface area contributed by atoms with Crippen molar-refractivity contribution < 1.29 is 14.5 Å². The molecule has 2 aromatic rings. The van der Waals surface area contributed by atoms with Gasteiger partial charge in [-0.15, -0.1) is 0 Å². The minimum atomic E-state index is -0.334. The quantitative estimate of drug-likeness (QED) is 0.805. The molecular formula is C12H14N3O3+. The van der Waals surface area contributed by atoms with Crippen LogP contribution in [-0.4, -0.2) is 24.3 Å². The van der Waals surface area contributed by atoms with Gasteiger partial charge in [-0.1, -0.05) is 6.07 Å². The summed E-state index contributed by atoms with van der Waals surface area (Å²) < 4.78 is 11.0. The fraction of sp³-hybridized carbons (Fsp3) is 0.333. The van der Waals surface area contributed by atoms with Gasteiger partial charge in [0.15, 0.2) is 0 Å². The second kappa shape index (κ2) is 4.30. The molecule has 0 bridgehead atoms. The maximum Gasteiger partial charge on any atom is 0.438 e. The Balaban J connectivity index is 1.97. The van der Waals surface area contributed by atoms with Crippen LogP contribution in [0.3, 0.4) is 0 Å². The summed E-state index contributed by atoms with van der Waals surface area (Å²) in [4.78, 5) is 16.5. The molecule has 1 aliphatic rings. The van der Waals surface area contributed by atoms with Gasteiger partial charge in [0.05, 0.1) is 6.10 Å². The van der Waals surface area contributed by atoms with Crippen LogP contribution in [0.1, 0.15) is 6.42 Å². The molecule has 1 aromatic carbocycles. The first-order chi connectivity index (χ1) is 8.74. The third-order valence-electron chi connectivity index (χ3n) is 3.01. The van der Waals surface area contributed by atoms with E-state index in [1.165, 1.54) is 0 Å². The standard InChI is InChI=1S/C12H13N3O3/c13-11-10-8(14-12(16)15-11)2-1-3-9(10)18-6-7-4-5-17-7/h1-3,7H,4-6H2,(H3,13,14,15,16)/p+1. The SMILES string of the molecule is Nc1[nH+]c(=O)[nH]c2cccc(OCC3CCO3)c12. The number of nitrogens with two attached hydrogens (primary N) is 1. The highest BCUT2D eigenvalue weighted by molar-refractivity contribution is 5.92. The first-order valence-electron chi connectivity index (χ1n) is 5.82. The van der Waals surface area contributed by atoms with E-state index in [9.17, 15) is 4.79 Å². The minimum Gasteiger partial charge on any atom is -0.490 e. The predicted octanol–water partition coefficient (Wildman–Crippen LogP) is 0.0921. The van der Waals surface area contributed by atoms with Gasteiger partial charge < -0.3 is 15.2 Å². The number of aromatic amines is 2. The lowest BCUT2D eigenvalue weighted by Gasteiger charge is -2.26. The summed E-state index contributed by atoms with van der Waals surface area (Å²) in [6.07, 6.45) is 1.18. The number of aromatic nitrogens is 2. The van der Waals surface area contributed by atoms with E-state index in [0.29, 0.717) is 29.1 Å². The maximum absolute atomic E-state index is 11.3. The van der Waals surface area contributed by atoms with Crippen LogP contribution in [-0.2, 0) is 4.74 Å². The molecule has 6 nitrogen and oxygen atoms in total. The number of hydrogen-bond donors (Lipinski definition) is 2. The maximum atomic E-state index is 11.3. The molecule has 1 aromatic heterocycles. The smallest absolute Gasteiger partial charge is 0.438 e. The van der Waals surface area contributed by atoms with Crippen LogP contribution in [0, 0.1) is 0 Å². The van der Waals surface area contributed by atoms with Gasteiger partial charge in [-0.3, -0.25) is 0 Å². The summed E-state index contributed by atoms with van der Waals surface area (Å²) >= 11 is 0. The number of rotatable bonds is 3. The molecule has 0 saturated carbocycles. The monoisotopic (exact) mass is 248 g/mol. The predicted molar refractivity (Wildman–Crippen MR) is 65.4 cm³/mol. The Bertz CT molecular complexity index is 634. The fourth-order valence-corrected chi connectivity index (χ4v) is 1.97. The van der Waals surface area contributed by atoms with Crippen LogP contribution < -0.4 is 21.1 Å². The molecule has 0 amide bonds. The Morgan fingerprint density at radius 1 is 1.56 bits per heavy atom. The van der Waals surface area contributed by atoms with Crippen molar-refractivity contribution in [1.82, 2.24) is 4.98 Å². The lowest BCUT2D eigenvalue weighted by molar-refractivity contribution is -0.383. The molecule has 18 heavy (non-hydrogen) atoms. The number of hydrogen-bond acceptors (Lipinski definition) is 4. The molecule has 0 aliphatic carbocycles. The minimum absolute atomic E-state index is 0.160. The largest absolute Gasteiger partial charge is 0.490 e. The zero-order valence-corrected chi connectivity index (χ0v) is 9.73. The van der Waals surface area contributed by atoms with Gasteiger partial charge in [-0.05, 0) is 12.1 Å². The van der Waals surface area contributed by atoms with Gasteiger partial charge in [0.2, 0.25) is 5.82 Å². The van der Waals surface area contributed by atoms with Gasteiger partial charge in [-0.25, -0.2) is 14.8 Å². The molecule has 3 rings (SSSR count). The third-order valence-corrected chi connectivity index (χ3v) is 3.01. The molecule has 1 saturated heterocycles. The highest BCUT2D eigenvalue weighted by atomic mass is 16.5. The Hall–Kier alpha value is -2.08. The van der Waals surface area contributed by atoms with Crippen LogP contribution in [0.25, 0.3) is 10.9 Å². The van der Waals surface area contributed by atoms with Crippen molar-refractivity contribution in [2.75, 3.05) is 18.9 Å². The molecule has 6 heteroatoms. The summed E-state index contributed by atoms with van der Waals surface area (Å²) in [7, 11) is 0. The zero-order chi connectivity index (χ0) is 12.5. The molecule has 2 heterocycles. The molecule has 0 radical (unpaired) electrons. The number of ether oxygens (including phenoxy) is 2. The van der Waals surface area contributed by atoms with E-state index in [1.807, 2.05) is 12.1 Å². The molecule has 1 fully saturated rings. The summed E-state index contributed by atoms with van der Waals surface area (Å²) in [5.41, 5.74) is 6.15. The van der Waals surface area contributed by atoms with Crippen molar-refractivity contribution in [2.45, 2.75) is 12.5 Å². The molecule has 94 valence electrons. The van der Waals surface area contributed by atoms with Crippen molar-refractivity contribution in [3.05, 3.63) is 28.7 Å². The number of H-pyrrole nitrogens is 2. The Morgan fingerprint density at radius 2 is 2.39 bits per heavy atom. The van der Waals surface area contributed by atoms with Crippen LogP contribution in [0.5, 0.6) is 5.75 Å².